The average Bonchev–Trinajstić information content (AvgIpc) is 2.73. The summed E-state index contributed by atoms with van der Waals surface area (Å²) >= 11 is 0. The van der Waals surface area contributed by atoms with Gasteiger partial charge in [-0.3, -0.25) is 5.10 Å². The predicted octanol–water partition coefficient (Wildman–Crippen LogP) is 0.927. The van der Waals surface area contributed by atoms with Gasteiger partial charge in [0.1, 0.15) is 0 Å². The van der Waals surface area contributed by atoms with Crippen LogP contribution in [0.15, 0.2) is 6.20 Å². The number of rotatable bonds is 4. The quantitative estimate of drug-likeness (QED) is 0.855. The molecule has 1 saturated heterocycles. The molecule has 0 bridgehead atoms. The first kappa shape index (κ1) is 13.5. The zero-order chi connectivity index (χ0) is 13.2. The third-order valence-electron chi connectivity index (χ3n) is 3.43. The highest BCUT2D eigenvalue weighted by Crippen LogP contribution is 2.19. The summed E-state index contributed by atoms with van der Waals surface area (Å²) in [6, 6.07) is 0.0849. The van der Waals surface area contributed by atoms with E-state index in [1.54, 1.807) is 10.5 Å². The van der Waals surface area contributed by atoms with Crippen molar-refractivity contribution < 1.29 is 8.42 Å². The number of aryl methyl sites for hydroxylation is 1. The Labute approximate surface area is 108 Å². The average molecular weight is 272 g/mol. The molecule has 1 aromatic heterocycles. The lowest BCUT2D eigenvalue weighted by atomic mass is 10.1. The van der Waals surface area contributed by atoms with Crippen LogP contribution >= 0.6 is 0 Å². The summed E-state index contributed by atoms with van der Waals surface area (Å²) in [6.45, 7) is 4.73. The molecule has 1 aliphatic heterocycles. The first-order valence-corrected chi connectivity index (χ1v) is 7.70. The number of piperidine rings is 1. The highest BCUT2D eigenvalue weighted by atomic mass is 32.2. The van der Waals surface area contributed by atoms with Gasteiger partial charge in [-0.2, -0.15) is 22.5 Å². The van der Waals surface area contributed by atoms with Crippen LogP contribution in [0.3, 0.4) is 0 Å². The number of hydrogen-bond donors (Lipinski definition) is 2. The topological polar surface area (TPSA) is 78.1 Å². The second-order valence-corrected chi connectivity index (χ2v) is 6.51. The van der Waals surface area contributed by atoms with Crippen molar-refractivity contribution in [2.24, 2.45) is 0 Å². The van der Waals surface area contributed by atoms with E-state index in [1.807, 2.05) is 13.8 Å². The fraction of sp³-hybridized carbons (Fsp3) is 0.727. The third kappa shape index (κ3) is 2.90. The fourth-order valence-electron chi connectivity index (χ4n) is 2.23. The van der Waals surface area contributed by atoms with E-state index >= 15 is 0 Å². The predicted molar refractivity (Wildman–Crippen MR) is 69.1 cm³/mol. The molecule has 0 aliphatic carbocycles. The maximum absolute atomic E-state index is 12.2. The minimum Gasteiger partial charge on any atom is -0.283 e. The van der Waals surface area contributed by atoms with Gasteiger partial charge in [-0.15, -0.1) is 0 Å². The number of nitrogens with one attached hydrogen (secondary N) is 2. The van der Waals surface area contributed by atoms with Crippen LogP contribution in [0.1, 0.15) is 37.4 Å². The molecule has 0 aromatic carbocycles. The molecular formula is C11H20N4O2S. The Hall–Kier alpha value is -0.920. The Kier molecular flexibility index (Phi) is 4.04. The zero-order valence-electron chi connectivity index (χ0n) is 10.8. The van der Waals surface area contributed by atoms with E-state index in [1.165, 1.54) is 0 Å². The minimum absolute atomic E-state index is 0.0849. The maximum Gasteiger partial charge on any atom is 0.279 e. The maximum atomic E-state index is 12.2. The summed E-state index contributed by atoms with van der Waals surface area (Å²) < 4.78 is 28.6. The van der Waals surface area contributed by atoms with Crippen molar-refractivity contribution >= 4 is 10.2 Å². The van der Waals surface area contributed by atoms with E-state index < -0.39 is 10.2 Å². The smallest absolute Gasteiger partial charge is 0.279 e. The van der Waals surface area contributed by atoms with Gasteiger partial charge in [0.25, 0.3) is 10.2 Å². The Bertz CT molecular complexity index is 497. The lowest BCUT2D eigenvalue weighted by molar-refractivity contribution is 0.265. The first-order chi connectivity index (χ1) is 8.50. The summed E-state index contributed by atoms with van der Waals surface area (Å²) in [5.41, 5.74) is 1.77. The second-order valence-electron chi connectivity index (χ2n) is 4.80. The highest BCUT2D eigenvalue weighted by Gasteiger charge is 2.29. The summed E-state index contributed by atoms with van der Waals surface area (Å²) in [7, 11) is -3.38. The molecule has 102 valence electrons. The summed E-state index contributed by atoms with van der Waals surface area (Å²) in [5.74, 6) is 0. The van der Waals surface area contributed by atoms with Crippen LogP contribution in [0.4, 0.5) is 0 Å². The minimum atomic E-state index is -3.38. The van der Waals surface area contributed by atoms with E-state index in [0.29, 0.717) is 6.54 Å². The van der Waals surface area contributed by atoms with Crippen LogP contribution in [0.2, 0.25) is 0 Å². The molecule has 0 saturated carbocycles. The molecular weight excluding hydrogens is 252 g/mol. The molecule has 6 nitrogen and oxygen atoms in total. The van der Waals surface area contributed by atoms with Crippen LogP contribution in [-0.4, -0.2) is 35.5 Å². The number of nitrogens with zero attached hydrogens (tertiary/aromatic N) is 2. The number of aromatic nitrogens is 2. The van der Waals surface area contributed by atoms with Gasteiger partial charge in [0, 0.05) is 30.4 Å². The largest absolute Gasteiger partial charge is 0.283 e. The lowest BCUT2D eigenvalue weighted by Gasteiger charge is -2.32. The van der Waals surface area contributed by atoms with Crippen molar-refractivity contribution in [2.45, 2.75) is 45.7 Å². The van der Waals surface area contributed by atoms with Gasteiger partial charge in [-0.05, 0) is 26.7 Å². The van der Waals surface area contributed by atoms with Gasteiger partial charge in [0.2, 0.25) is 0 Å². The SMILES string of the molecule is Cc1[nH]ncc1CNS(=O)(=O)N1CCCCC1C. The van der Waals surface area contributed by atoms with Crippen molar-refractivity contribution in [1.82, 2.24) is 19.2 Å². The van der Waals surface area contributed by atoms with Crippen molar-refractivity contribution in [3.8, 4) is 0 Å². The van der Waals surface area contributed by atoms with Crippen LogP contribution in [0, 0.1) is 6.92 Å². The molecule has 1 aromatic rings. The van der Waals surface area contributed by atoms with Gasteiger partial charge in [-0.25, -0.2) is 0 Å². The van der Waals surface area contributed by atoms with Crippen LogP contribution in [0.25, 0.3) is 0 Å². The van der Waals surface area contributed by atoms with E-state index in [2.05, 4.69) is 14.9 Å². The van der Waals surface area contributed by atoms with E-state index in [-0.39, 0.29) is 12.6 Å². The lowest BCUT2D eigenvalue weighted by Crippen LogP contribution is -2.47. The summed E-state index contributed by atoms with van der Waals surface area (Å²) in [6.07, 6.45) is 4.63. The second kappa shape index (κ2) is 5.38. The van der Waals surface area contributed by atoms with Gasteiger partial charge in [0.15, 0.2) is 0 Å². The van der Waals surface area contributed by atoms with Crippen LogP contribution in [-0.2, 0) is 16.8 Å². The monoisotopic (exact) mass is 272 g/mol. The fourth-order valence-corrected chi connectivity index (χ4v) is 3.69. The summed E-state index contributed by atoms with van der Waals surface area (Å²) in [4.78, 5) is 0. The standard InChI is InChI=1S/C11H20N4O2S/c1-9-5-3-4-6-15(9)18(16,17)13-8-11-7-12-14-10(11)2/h7,9,13H,3-6,8H2,1-2H3,(H,12,14). The normalized spacial score (nSPS) is 22.2. The molecule has 2 rings (SSSR count). The number of H-pyrrole nitrogens is 1. The molecule has 18 heavy (non-hydrogen) atoms. The molecule has 1 aliphatic rings. The van der Waals surface area contributed by atoms with Gasteiger partial charge in [-0.1, -0.05) is 6.42 Å². The van der Waals surface area contributed by atoms with Crippen LogP contribution < -0.4 is 4.72 Å². The highest BCUT2D eigenvalue weighted by molar-refractivity contribution is 7.87. The van der Waals surface area contributed by atoms with Crippen molar-refractivity contribution in [2.75, 3.05) is 6.54 Å². The molecule has 1 fully saturated rings. The zero-order valence-corrected chi connectivity index (χ0v) is 11.6. The molecule has 2 N–H and O–H groups in total. The number of hydrogen-bond acceptors (Lipinski definition) is 3. The van der Waals surface area contributed by atoms with Gasteiger partial charge >= 0.3 is 0 Å². The molecule has 2 heterocycles. The van der Waals surface area contributed by atoms with Crippen molar-refractivity contribution in [1.29, 1.82) is 0 Å². The van der Waals surface area contributed by atoms with Gasteiger partial charge in [0.05, 0.1) is 6.20 Å². The van der Waals surface area contributed by atoms with Crippen molar-refractivity contribution in [3.63, 3.8) is 0 Å². The Morgan fingerprint density at radius 1 is 1.56 bits per heavy atom. The molecule has 1 atom stereocenters. The van der Waals surface area contributed by atoms with Crippen LogP contribution in [0.5, 0.6) is 0 Å². The van der Waals surface area contributed by atoms with E-state index in [0.717, 1.165) is 30.5 Å². The van der Waals surface area contributed by atoms with Crippen molar-refractivity contribution in [3.05, 3.63) is 17.5 Å². The first-order valence-electron chi connectivity index (χ1n) is 6.26. The molecule has 7 heteroatoms. The molecule has 1 unspecified atom stereocenters. The summed E-state index contributed by atoms with van der Waals surface area (Å²) in [5, 5.41) is 6.67. The van der Waals surface area contributed by atoms with E-state index in [9.17, 15) is 8.42 Å². The Morgan fingerprint density at radius 2 is 2.33 bits per heavy atom. The molecule has 0 amide bonds. The van der Waals surface area contributed by atoms with E-state index in [4.69, 9.17) is 0 Å². The molecule has 0 spiro atoms. The third-order valence-corrected chi connectivity index (χ3v) is 5.10. The molecule has 0 radical (unpaired) electrons. The van der Waals surface area contributed by atoms with Gasteiger partial charge < -0.3 is 0 Å². The number of aromatic amines is 1. The Balaban J connectivity index is 2.01. The Morgan fingerprint density at radius 3 is 2.94 bits per heavy atom.